The van der Waals surface area contributed by atoms with E-state index in [4.69, 9.17) is 5.73 Å². The van der Waals surface area contributed by atoms with E-state index in [-0.39, 0.29) is 0 Å². The summed E-state index contributed by atoms with van der Waals surface area (Å²) in [5.41, 5.74) is 6.07. The molecule has 0 aliphatic heterocycles. The smallest absolute Gasteiger partial charge is 0.00975 e. The Bertz CT molecular complexity index is 154. The summed E-state index contributed by atoms with van der Waals surface area (Å²) in [6, 6.07) is 0.807. The molecule has 0 aromatic rings. The van der Waals surface area contributed by atoms with E-state index < -0.39 is 0 Å². The molecule has 0 saturated heterocycles. The highest BCUT2D eigenvalue weighted by molar-refractivity contribution is 4.86. The number of nitrogens with two attached hydrogens (primary N) is 1. The highest BCUT2D eigenvalue weighted by Crippen LogP contribution is 2.38. The Labute approximate surface area is 82.5 Å². The zero-order chi connectivity index (χ0) is 9.90. The highest BCUT2D eigenvalue weighted by atomic mass is 15.1. The Morgan fingerprint density at radius 2 is 2.15 bits per heavy atom. The van der Waals surface area contributed by atoms with Crippen LogP contribution in [0.4, 0.5) is 0 Å². The monoisotopic (exact) mass is 184 g/mol. The predicted octanol–water partition coefficient (Wildman–Crippen LogP) is 1.85. The third-order valence-electron chi connectivity index (χ3n) is 3.28. The molecule has 2 nitrogen and oxygen atoms in total. The summed E-state index contributed by atoms with van der Waals surface area (Å²) in [4.78, 5) is 2.49. The van der Waals surface area contributed by atoms with E-state index in [0.717, 1.165) is 25.6 Å². The minimum absolute atomic E-state index is 0.571. The summed E-state index contributed by atoms with van der Waals surface area (Å²) < 4.78 is 0. The van der Waals surface area contributed by atoms with Gasteiger partial charge in [-0.05, 0) is 51.2 Å². The topological polar surface area (TPSA) is 29.3 Å². The lowest BCUT2D eigenvalue weighted by atomic mass is 9.91. The first kappa shape index (κ1) is 11.0. The molecule has 1 fully saturated rings. The third kappa shape index (κ3) is 3.28. The zero-order valence-corrected chi connectivity index (χ0v) is 9.34. The van der Waals surface area contributed by atoms with Gasteiger partial charge in [0.05, 0.1) is 0 Å². The molecule has 2 heteroatoms. The van der Waals surface area contributed by atoms with Gasteiger partial charge >= 0.3 is 0 Å². The van der Waals surface area contributed by atoms with Crippen LogP contribution in [0.2, 0.25) is 0 Å². The zero-order valence-electron chi connectivity index (χ0n) is 9.34. The normalized spacial score (nSPS) is 27.0. The average molecular weight is 184 g/mol. The molecule has 0 aromatic carbocycles. The molecule has 0 heterocycles. The van der Waals surface area contributed by atoms with Crippen LogP contribution in [0.5, 0.6) is 0 Å². The van der Waals surface area contributed by atoms with Crippen LogP contribution in [-0.2, 0) is 0 Å². The van der Waals surface area contributed by atoms with Gasteiger partial charge in [0.25, 0.3) is 0 Å². The molecule has 0 bridgehead atoms. The van der Waals surface area contributed by atoms with E-state index in [0.29, 0.717) is 5.41 Å². The average Bonchev–Trinajstić information content (AvgIpc) is 2.42. The first-order valence-electron chi connectivity index (χ1n) is 5.45. The number of hydrogen-bond donors (Lipinski definition) is 1. The van der Waals surface area contributed by atoms with Crippen molar-refractivity contribution in [3.63, 3.8) is 0 Å². The molecule has 1 atom stereocenters. The van der Waals surface area contributed by atoms with Gasteiger partial charge in [-0.15, -0.1) is 0 Å². The van der Waals surface area contributed by atoms with Crippen molar-refractivity contribution in [1.29, 1.82) is 0 Å². The van der Waals surface area contributed by atoms with Crippen LogP contribution in [-0.4, -0.2) is 31.1 Å². The Kier molecular flexibility index (Phi) is 3.74. The van der Waals surface area contributed by atoms with Gasteiger partial charge in [0.2, 0.25) is 0 Å². The minimum atomic E-state index is 0.571. The van der Waals surface area contributed by atoms with Crippen LogP contribution in [0.3, 0.4) is 0 Å². The molecule has 1 aliphatic rings. The number of nitrogens with zero attached hydrogens (tertiary/aromatic N) is 1. The first-order valence-corrected chi connectivity index (χ1v) is 5.45. The molecule has 2 N–H and O–H groups in total. The van der Waals surface area contributed by atoms with Gasteiger partial charge < -0.3 is 10.6 Å². The lowest BCUT2D eigenvalue weighted by molar-refractivity contribution is 0.226. The molecule has 13 heavy (non-hydrogen) atoms. The molecule has 0 radical (unpaired) electrons. The predicted molar refractivity (Wildman–Crippen MR) is 57.7 cm³/mol. The lowest BCUT2D eigenvalue weighted by Crippen LogP contribution is -2.32. The minimum Gasteiger partial charge on any atom is -0.330 e. The molecular weight excluding hydrogens is 160 g/mol. The van der Waals surface area contributed by atoms with E-state index in [1.165, 1.54) is 19.3 Å². The summed E-state index contributed by atoms with van der Waals surface area (Å²) in [6.07, 6.45) is 5.24. The standard InChI is InChI=1S/C11H24N2/c1-11(2)6-5-10(9-11)13(3)8-4-7-12/h10H,4-9,12H2,1-3H3. The van der Waals surface area contributed by atoms with Crippen molar-refractivity contribution in [2.75, 3.05) is 20.1 Å². The maximum Gasteiger partial charge on any atom is 0.00975 e. The van der Waals surface area contributed by atoms with Crippen molar-refractivity contribution < 1.29 is 0 Å². The quantitative estimate of drug-likeness (QED) is 0.722. The Morgan fingerprint density at radius 1 is 1.46 bits per heavy atom. The fraction of sp³-hybridized carbons (Fsp3) is 1.00. The van der Waals surface area contributed by atoms with Crippen molar-refractivity contribution in [3.8, 4) is 0 Å². The van der Waals surface area contributed by atoms with Crippen molar-refractivity contribution in [3.05, 3.63) is 0 Å². The number of rotatable bonds is 4. The van der Waals surface area contributed by atoms with Crippen LogP contribution in [0, 0.1) is 5.41 Å². The molecule has 0 aromatic heterocycles. The van der Waals surface area contributed by atoms with Gasteiger partial charge in [-0.2, -0.15) is 0 Å². The fourth-order valence-corrected chi connectivity index (χ4v) is 2.30. The van der Waals surface area contributed by atoms with Crippen molar-refractivity contribution in [2.45, 2.75) is 45.6 Å². The van der Waals surface area contributed by atoms with Gasteiger partial charge in [0.15, 0.2) is 0 Å². The van der Waals surface area contributed by atoms with Gasteiger partial charge in [0.1, 0.15) is 0 Å². The maximum absolute atomic E-state index is 5.50. The van der Waals surface area contributed by atoms with Gasteiger partial charge in [-0.3, -0.25) is 0 Å². The maximum atomic E-state index is 5.50. The van der Waals surface area contributed by atoms with Gasteiger partial charge in [-0.1, -0.05) is 13.8 Å². The van der Waals surface area contributed by atoms with Crippen LogP contribution in [0.1, 0.15) is 39.5 Å². The molecule has 78 valence electrons. The Morgan fingerprint density at radius 3 is 2.62 bits per heavy atom. The fourth-order valence-electron chi connectivity index (χ4n) is 2.30. The SMILES string of the molecule is CN(CCCN)C1CCC(C)(C)C1. The summed E-state index contributed by atoms with van der Waals surface area (Å²) in [6.45, 7) is 6.74. The van der Waals surface area contributed by atoms with E-state index in [1.807, 2.05) is 0 Å². The number of hydrogen-bond acceptors (Lipinski definition) is 2. The first-order chi connectivity index (χ1) is 6.05. The van der Waals surface area contributed by atoms with Gasteiger partial charge in [0, 0.05) is 6.04 Å². The summed E-state index contributed by atoms with van der Waals surface area (Å²) in [7, 11) is 2.24. The second kappa shape index (κ2) is 4.43. The molecule has 0 amide bonds. The highest BCUT2D eigenvalue weighted by Gasteiger charge is 2.32. The second-order valence-corrected chi connectivity index (χ2v) is 5.18. The Balaban J connectivity index is 2.29. The van der Waals surface area contributed by atoms with E-state index in [1.54, 1.807) is 0 Å². The largest absolute Gasteiger partial charge is 0.330 e. The lowest BCUT2D eigenvalue weighted by Gasteiger charge is -2.25. The molecule has 1 unspecified atom stereocenters. The summed E-state index contributed by atoms with van der Waals surface area (Å²) in [5, 5.41) is 0. The van der Waals surface area contributed by atoms with E-state index in [2.05, 4.69) is 25.8 Å². The van der Waals surface area contributed by atoms with Crippen molar-refractivity contribution >= 4 is 0 Å². The van der Waals surface area contributed by atoms with E-state index in [9.17, 15) is 0 Å². The van der Waals surface area contributed by atoms with Gasteiger partial charge in [-0.25, -0.2) is 0 Å². The van der Waals surface area contributed by atoms with E-state index >= 15 is 0 Å². The molecule has 1 rings (SSSR count). The van der Waals surface area contributed by atoms with Crippen LogP contribution >= 0.6 is 0 Å². The molecular formula is C11H24N2. The summed E-state index contributed by atoms with van der Waals surface area (Å²) in [5.74, 6) is 0. The third-order valence-corrected chi connectivity index (χ3v) is 3.28. The van der Waals surface area contributed by atoms with Crippen LogP contribution < -0.4 is 5.73 Å². The second-order valence-electron chi connectivity index (χ2n) is 5.18. The van der Waals surface area contributed by atoms with Crippen molar-refractivity contribution in [1.82, 2.24) is 4.90 Å². The van der Waals surface area contributed by atoms with Crippen molar-refractivity contribution in [2.24, 2.45) is 11.1 Å². The molecule has 1 aliphatic carbocycles. The van der Waals surface area contributed by atoms with Crippen LogP contribution in [0.25, 0.3) is 0 Å². The molecule has 0 spiro atoms. The Hall–Kier alpha value is -0.0800. The summed E-state index contributed by atoms with van der Waals surface area (Å²) >= 11 is 0. The molecule has 1 saturated carbocycles. The van der Waals surface area contributed by atoms with Crippen LogP contribution in [0.15, 0.2) is 0 Å².